The van der Waals surface area contributed by atoms with Crippen molar-refractivity contribution in [1.82, 2.24) is 0 Å². The van der Waals surface area contributed by atoms with Crippen molar-refractivity contribution in [3.63, 3.8) is 0 Å². The summed E-state index contributed by atoms with van der Waals surface area (Å²) >= 11 is 0. The molecular formula is C24H40O4. The normalized spacial score (nSPS) is 27.8. The van der Waals surface area contributed by atoms with Crippen LogP contribution in [0.2, 0.25) is 0 Å². The van der Waals surface area contributed by atoms with Crippen LogP contribution in [0.25, 0.3) is 0 Å². The fourth-order valence-corrected chi connectivity index (χ4v) is 4.72. The third kappa shape index (κ3) is 7.97. The number of hydrogen-bond donors (Lipinski definition) is 0. The van der Waals surface area contributed by atoms with Crippen LogP contribution in [0.3, 0.4) is 0 Å². The average molecular weight is 393 g/mol. The maximum absolute atomic E-state index is 12.5. The maximum atomic E-state index is 12.5. The molecule has 0 spiro atoms. The van der Waals surface area contributed by atoms with E-state index in [1.54, 1.807) is 6.92 Å². The molecular weight excluding hydrogens is 352 g/mol. The molecule has 0 atom stereocenters. The first kappa shape index (κ1) is 23.0. The molecule has 0 bridgehead atoms. The lowest BCUT2D eigenvalue weighted by Crippen LogP contribution is -2.30. The first-order valence-electron chi connectivity index (χ1n) is 11.5. The van der Waals surface area contributed by atoms with E-state index in [0.717, 1.165) is 63.7 Å². The second-order valence-electron chi connectivity index (χ2n) is 9.00. The van der Waals surface area contributed by atoms with Gasteiger partial charge in [0.05, 0.1) is 12.5 Å². The highest BCUT2D eigenvalue weighted by Crippen LogP contribution is 2.34. The number of hydrogen-bond acceptors (Lipinski definition) is 4. The molecule has 0 saturated heterocycles. The lowest BCUT2D eigenvalue weighted by atomic mass is 9.79. The summed E-state index contributed by atoms with van der Waals surface area (Å²) in [5, 5.41) is 0. The minimum atomic E-state index is -0.294. The van der Waals surface area contributed by atoms with Gasteiger partial charge in [-0.1, -0.05) is 32.8 Å². The number of ether oxygens (including phenoxy) is 2. The molecule has 2 aliphatic carbocycles. The molecule has 0 aromatic heterocycles. The first-order chi connectivity index (χ1) is 13.5. The molecule has 28 heavy (non-hydrogen) atoms. The molecule has 0 aromatic carbocycles. The molecule has 0 unspecified atom stereocenters. The summed E-state index contributed by atoms with van der Waals surface area (Å²) in [6.45, 7) is 7.98. The molecule has 0 amide bonds. The predicted molar refractivity (Wildman–Crippen MR) is 112 cm³/mol. The highest BCUT2D eigenvalue weighted by Gasteiger charge is 2.30. The van der Waals surface area contributed by atoms with Gasteiger partial charge in [0.2, 0.25) is 0 Å². The molecule has 0 heterocycles. The lowest BCUT2D eigenvalue weighted by molar-refractivity contribution is -0.157. The number of esters is 2. The third-order valence-corrected chi connectivity index (χ3v) is 6.54. The number of carbonyl (C=O) groups is 2. The van der Waals surface area contributed by atoms with Crippen molar-refractivity contribution in [2.24, 2.45) is 17.8 Å². The Hall–Kier alpha value is -1.32. The van der Waals surface area contributed by atoms with Crippen molar-refractivity contribution in [2.45, 2.75) is 103 Å². The first-order valence-corrected chi connectivity index (χ1v) is 11.5. The SMILES string of the molecule is C=C(C)C(=O)OCCCCC1CCC(C(=O)OC2CCC(CCC)CC2)CC1. The topological polar surface area (TPSA) is 52.6 Å². The molecule has 4 heteroatoms. The number of carbonyl (C=O) groups excluding carboxylic acids is 2. The summed E-state index contributed by atoms with van der Waals surface area (Å²) in [6.07, 6.45) is 14.6. The van der Waals surface area contributed by atoms with Crippen LogP contribution in [0.4, 0.5) is 0 Å². The van der Waals surface area contributed by atoms with E-state index in [4.69, 9.17) is 9.47 Å². The zero-order valence-corrected chi connectivity index (χ0v) is 18.0. The van der Waals surface area contributed by atoms with Gasteiger partial charge in [-0.2, -0.15) is 0 Å². The van der Waals surface area contributed by atoms with Gasteiger partial charge in [-0.3, -0.25) is 4.79 Å². The van der Waals surface area contributed by atoms with Crippen LogP contribution in [0.15, 0.2) is 12.2 Å². The van der Waals surface area contributed by atoms with E-state index in [-0.39, 0.29) is 24.0 Å². The summed E-state index contributed by atoms with van der Waals surface area (Å²) < 4.78 is 11.0. The summed E-state index contributed by atoms with van der Waals surface area (Å²) in [4.78, 5) is 23.9. The fourth-order valence-electron chi connectivity index (χ4n) is 4.72. The molecule has 2 rings (SSSR count). The fraction of sp³-hybridized carbons (Fsp3) is 0.833. The van der Waals surface area contributed by atoms with Crippen LogP contribution < -0.4 is 0 Å². The Morgan fingerprint density at radius 2 is 1.50 bits per heavy atom. The lowest BCUT2D eigenvalue weighted by Gasteiger charge is -2.31. The van der Waals surface area contributed by atoms with Crippen LogP contribution in [-0.2, 0) is 19.1 Å². The van der Waals surface area contributed by atoms with Crippen LogP contribution in [-0.4, -0.2) is 24.6 Å². The van der Waals surface area contributed by atoms with E-state index in [2.05, 4.69) is 13.5 Å². The Bertz CT molecular complexity index is 497. The summed E-state index contributed by atoms with van der Waals surface area (Å²) in [6, 6.07) is 0. The standard InChI is InChI=1S/C24H40O4/c1-4-7-19-11-15-22(16-12-19)28-24(26)21-13-9-20(10-14-21)8-5-6-17-27-23(25)18(2)3/h19-22H,2,4-17H2,1,3H3. The molecule has 4 nitrogen and oxygen atoms in total. The Balaban J connectivity index is 1.54. The van der Waals surface area contributed by atoms with E-state index in [0.29, 0.717) is 18.1 Å². The molecule has 0 N–H and O–H groups in total. The van der Waals surface area contributed by atoms with E-state index >= 15 is 0 Å². The van der Waals surface area contributed by atoms with Crippen LogP contribution in [0, 0.1) is 17.8 Å². The summed E-state index contributed by atoms with van der Waals surface area (Å²) in [7, 11) is 0. The van der Waals surface area contributed by atoms with Gasteiger partial charge in [-0.25, -0.2) is 4.79 Å². The van der Waals surface area contributed by atoms with Crippen molar-refractivity contribution < 1.29 is 19.1 Å². The van der Waals surface area contributed by atoms with Crippen LogP contribution >= 0.6 is 0 Å². The second-order valence-corrected chi connectivity index (χ2v) is 9.00. The Labute approximate surface area is 171 Å². The minimum absolute atomic E-state index is 0.0594. The second kappa shape index (κ2) is 12.3. The maximum Gasteiger partial charge on any atom is 0.333 e. The van der Waals surface area contributed by atoms with Crippen molar-refractivity contribution in [1.29, 1.82) is 0 Å². The summed E-state index contributed by atoms with van der Waals surface area (Å²) in [5.74, 6) is 1.42. The van der Waals surface area contributed by atoms with Gasteiger partial charge in [-0.05, 0) is 83.0 Å². The van der Waals surface area contributed by atoms with Crippen LogP contribution in [0.5, 0.6) is 0 Å². The van der Waals surface area contributed by atoms with Gasteiger partial charge in [0.15, 0.2) is 0 Å². The van der Waals surface area contributed by atoms with Gasteiger partial charge < -0.3 is 9.47 Å². The van der Waals surface area contributed by atoms with E-state index in [9.17, 15) is 9.59 Å². The molecule has 0 aromatic rings. The Morgan fingerprint density at radius 1 is 0.893 bits per heavy atom. The predicted octanol–water partition coefficient (Wildman–Crippen LogP) is 5.98. The zero-order valence-electron chi connectivity index (χ0n) is 18.0. The van der Waals surface area contributed by atoms with Gasteiger partial charge >= 0.3 is 11.9 Å². The third-order valence-electron chi connectivity index (χ3n) is 6.54. The zero-order chi connectivity index (χ0) is 20.4. The minimum Gasteiger partial charge on any atom is -0.462 e. The van der Waals surface area contributed by atoms with E-state index in [1.165, 1.54) is 25.7 Å². The van der Waals surface area contributed by atoms with Gasteiger partial charge in [0, 0.05) is 5.57 Å². The average Bonchev–Trinajstić information content (AvgIpc) is 2.69. The number of unbranched alkanes of at least 4 members (excludes halogenated alkanes) is 1. The van der Waals surface area contributed by atoms with Crippen molar-refractivity contribution in [3.8, 4) is 0 Å². The van der Waals surface area contributed by atoms with Gasteiger partial charge in [0.25, 0.3) is 0 Å². The van der Waals surface area contributed by atoms with Gasteiger partial charge in [-0.15, -0.1) is 0 Å². The molecule has 2 fully saturated rings. The van der Waals surface area contributed by atoms with E-state index in [1.807, 2.05) is 0 Å². The summed E-state index contributed by atoms with van der Waals surface area (Å²) in [5.41, 5.74) is 0.458. The largest absolute Gasteiger partial charge is 0.462 e. The van der Waals surface area contributed by atoms with Crippen molar-refractivity contribution in [2.75, 3.05) is 6.61 Å². The highest BCUT2D eigenvalue weighted by molar-refractivity contribution is 5.86. The highest BCUT2D eigenvalue weighted by atomic mass is 16.5. The molecule has 2 saturated carbocycles. The Morgan fingerprint density at radius 3 is 2.11 bits per heavy atom. The monoisotopic (exact) mass is 392 g/mol. The van der Waals surface area contributed by atoms with Crippen LogP contribution in [0.1, 0.15) is 97.3 Å². The van der Waals surface area contributed by atoms with Crippen molar-refractivity contribution in [3.05, 3.63) is 12.2 Å². The van der Waals surface area contributed by atoms with E-state index < -0.39 is 0 Å². The number of rotatable bonds is 10. The van der Waals surface area contributed by atoms with Crippen molar-refractivity contribution >= 4 is 11.9 Å². The smallest absolute Gasteiger partial charge is 0.333 e. The molecule has 0 radical (unpaired) electrons. The molecule has 0 aliphatic heterocycles. The quantitative estimate of drug-likeness (QED) is 0.260. The van der Waals surface area contributed by atoms with Gasteiger partial charge in [0.1, 0.15) is 6.10 Å². The Kier molecular flexibility index (Phi) is 10.1. The molecule has 160 valence electrons. The molecule has 2 aliphatic rings.